The van der Waals surface area contributed by atoms with Gasteiger partial charge in [-0.25, -0.2) is 8.42 Å². The molecule has 0 aromatic heterocycles. The first kappa shape index (κ1) is 18.5. The van der Waals surface area contributed by atoms with Crippen LogP contribution in [0.3, 0.4) is 0 Å². The Morgan fingerprint density at radius 3 is 1.56 bits per heavy atom. The van der Waals surface area contributed by atoms with Crippen molar-refractivity contribution in [3.63, 3.8) is 0 Å². The second kappa shape index (κ2) is 11.3. The molecule has 0 aliphatic heterocycles. The fourth-order valence-electron chi connectivity index (χ4n) is 1.84. The highest BCUT2D eigenvalue weighted by Gasteiger charge is 2.16. The minimum absolute atomic E-state index is 0.0382. The molecule has 3 nitrogen and oxygen atoms in total. The van der Waals surface area contributed by atoms with Crippen molar-refractivity contribution in [3.05, 3.63) is 0 Å². The Bertz CT molecular complexity index is 282. The molecule has 0 atom stereocenters. The van der Waals surface area contributed by atoms with Gasteiger partial charge in [0.2, 0.25) is 10.0 Å². The number of rotatable bonds is 12. The van der Waals surface area contributed by atoms with Crippen molar-refractivity contribution >= 4 is 33.6 Å². The molecule has 0 unspecified atom stereocenters. The minimum atomic E-state index is -3.44. The lowest BCUT2D eigenvalue weighted by molar-refractivity contribution is 0.554. The molecule has 18 heavy (non-hydrogen) atoms. The molecule has 6 heteroatoms. The average molecular weight is 318 g/mol. The van der Waals surface area contributed by atoms with Crippen LogP contribution in [0.15, 0.2) is 0 Å². The van der Waals surface area contributed by atoms with Gasteiger partial charge in [0.1, 0.15) is 0 Å². The number of hydrogen-bond acceptors (Lipinski definition) is 2. The number of halogens is 2. The van der Waals surface area contributed by atoms with Crippen LogP contribution in [0.1, 0.15) is 71.1 Å². The Hall–Kier alpha value is 0.490. The summed E-state index contributed by atoms with van der Waals surface area (Å²) in [6.07, 6.45) is 11.7. The normalized spacial score (nSPS) is 12.2. The van der Waals surface area contributed by atoms with Gasteiger partial charge in [-0.2, -0.15) is 0 Å². The zero-order valence-corrected chi connectivity index (χ0v) is 13.5. The van der Waals surface area contributed by atoms with Gasteiger partial charge in [0.15, 0.2) is 0 Å². The van der Waals surface area contributed by atoms with Crippen molar-refractivity contribution in [3.8, 4) is 0 Å². The van der Waals surface area contributed by atoms with Crippen molar-refractivity contribution < 1.29 is 8.42 Å². The average Bonchev–Trinajstić information content (AvgIpc) is 2.31. The molecular weight excluding hydrogens is 293 g/mol. The van der Waals surface area contributed by atoms with Gasteiger partial charge < -0.3 is 0 Å². The maximum atomic E-state index is 11.2. The van der Waals surface area contributed by atoms with E-state index in [2.05, 4.69) is 6.92 Å². The van der Waals surface area contributed by atoms with Crippen LogP contribution in [0.25, 0.3) is 0 Å². The first-order valence-corrected chi connectivity index (χ1v) is 9.14. The van der Waals surface area contributed by atoms with Gasteiger partial charge in [0.25, 0.3) is 0 Å². The summed E-state index contributed by atoms with van der Waals surface area (Å²) in [4.78, 5) is 0. The summed E-state index contributed by atoms with van der Waals surface area (Å²) in [7, 11) is -3.44. The molecule has 0 aliphatic rings. The highest BCUT2D eigenvalue weighted by molar-refractivity contribution is 7.90. The van der Waals surface area contributed by atoms with E-state index in [0.717, 1.165) is 12.8 Å². The maximum absolute atomic E-state index is 11.2. The fourth-order valence-corrected chi connectivity index (χ4v) is 2.96. The number of unbranched alkanes of at least 4 members (excludes halogenated alkanes) is 9. The van der Waals surface area contributed by atoms with E-state index in [1.807, 2.05) is 0 Å². The van der Waals surface area contributed by atoms with E-state index in [1.165, 1.54) is 44.9 Å². The topological polar surface area (TPSA) is 37.4 Å². The van der Waals surface area contributed by atoms with E-state index < -0.39 is 10.0 Å². The second-order valence-electron chi connectivity index (χ2n) is 4.67. The lowest BCUT2D eigenvalue weighted by atomic mass is 10.1. The molecule has 0 spiro atoms. The van der Waals surface area contributed by atoms with Crippen LogP contribution < -0.4 is 0 Å². The predicted molar refractivity (Wildman–Crippen MR) is 79.2 cm³/mol. The molecule has 0 bridgehead atoms. The van der Waals surface area contributed by atoms with E-state index in [-0.39, 0.29) is 9.10 Å². The quantitative estimate of drug-likeness (QED) is 0.381. The molecule has 0 saturated carbocycles. The van der Waals surface area contributed by atoms with Crippen LogP contribution >= 0.6 is 23.6 Å². The van der Waals surface area contributed by atoms with Crippen LogP contribution in [0, 0.1) is 0 Å². The van der Waals surface area contributed by atoms with Gasteiger partial charge in [-0.05, 0) is 9.76 Å². The van der Waals surface area contributed by atoms with Crippen molar-refractivity contribution in [2.45, 2.75) is 71.1 Å². The van der Waals surface area contributed by atoms with Crippen molar-refractivity contribution in [1.82, 2.24) is 3.34 Å². The first-order chi connectivity index (χ1) is 8.50. The van der Waals surface area contributed by atoms with Crippen LogP contribution in [0.5, 0.6) is 0 Å². The summed E-state index contributed by atoms with van der Waals surface area (Å²) in [6, 6.07) is 0. The molecular formula is C12H25Cl2NO2S. The Balaban J connectivity index is 3.27. The largest absolute Gasteiger partial charge is 0.241 e. The molecule has 0 rings (SSSR count). The zero-order chi connectivity index (χ0) is 13.9. The fraction of sp³-hybridized carbons (Fsp3) is 1.00. The molecule has 0 saturated heterocycles. The van der Waals surface area contributed by atoms with E-state index in [4.69, 9.17) is 23.6 Å². The van der Waals surface area contributed by atoms with Crippen molar-refractivity contribution in [2.24, 2.45) is 0 Å². The molecule has 0 N–H and O–H groups in total. The summed E-state index contributed by atoms with van der Waals surface area (Å²) in [5, 5.41) is 0. The summed E-state index contributed by atoms with van der Waals surface area (Å²) in [5.74, 6) is 0.0382. The molecule has 0 radical (unpaired) electrons. The second-order valence-corrected chi connectivity index (χ2v) is 7.86. The van der Waals surface area contributed by atoms with E-state index in [1.54, 1.807) is 0 Å². The van der Waals surface area contributed by atoms with E-state index in [0.29, 0.717) is 6.42 Å². The summed E-state index contributed by atoms with van der Waals surface area (Å²) in [5.41, 5.74) is 0. The number of sulfonamides is 1. The lowest BCUT2D eigenvalue weighted by Crippen LogP contribution is -2.16. The molecule has 0 heterocycles. The third-order valence-electron chi connectivity index (χ3n) is 2.97. The van der Waals surface area contributed by atoms with Gasteiger partial charge in [-0.1, -0.05) is 64.7 Å². The van der Waals surface area contributed by atoms with Gasteiger partial charge in [-0.3, -0.25) is 0 Å². The van der Waals surface area contributed by atoms with E-state index in [9.17, 15) is 8.42 Å². The Kier molecular flexibility index (Phi) is 11.6. The SMILES string of the molecule is CCCCCCCCCCCCS(=O)(=O)N(Cl)Cl. The predicted octanol–water partition coefficient (Wildman–Crippen LogP) is 4.85. The van der Waals surface area contributed by atoms with Gasteiger partial charge in [-0.15, -0.1) is 0 Å². The van der Waals surface area contributed by atoms with Crippen LogP contribution in [-0.2, 0) is 10.0 Å². The van der Waals surface area contributed by atoms with Crippen LogP contribution in [0.2, 0.25) is 0 Å². The molecule has 110 valence electrons. The highest BCUT2D eigenvalue weighted by atomic mass is 35.5. The van der Waals surface area contributed by atoms with Gasteiger partial charge in [0, 0.05) is 23.6 Å². The monoisotopic (exact) mass is 317 g/mol. The summed E-state index contributed by atoms with van der Waals surface area (Å²) >= 11 is 10.4. The number of hydrogen-bond donors (Lipinski definition) is 0. The summed E-state index contributed by atoms with van der Waals surface area (Å²) in [6.45, 7) is 2.22. The van der Waals surface area contributed by atoms with E-state index >= 15 is 0 Å². The molecule has 0 amide bonds. The zero-order valence-electron chi connectivity index (χ0n) is 11.2. The molecule has 0 aliphatic carbocycles. The smallest absolute Gasteiger partial charge is 0.210 e. The maximum Gasteiger partial charge on any atom is 0.241 e. The van der Waals surface area contributed by atoms with Crippen LogP contribution in [0.4, 0.5) is 0 Å². The Morgan fingerprint density at radius 1 is 0.778 bits per heavy atom. The molecule has 0 aromatic carbocycles. The standard InChI is InChI=1S/C12H25Cl2NO2S/c1-2-3-4-5-6-7-8-9-10-11-12-18(16,17)15(13)14/h2-12H2,1H3. The Morgan fingerprint density at radius 2 is 1.17 bits per heavy atom. The van der Waals surface area contributed by atoms with Gasteiger partial charge in [0.05, 0.1) is 5.75 Å². The minimum Gasteiger partial charge on any atom is -0.210 e. The van der Waals surface area contributed by atoms with Crippen molar-refractivity contribution in [1.29, 1.82) is 0 Å². The summed E-state index contributed by atoms with van der Waals surface area (Å²) < 4.78 is 22.7. The lowest BCUT2D eigenvalue weighted by Gasteiger charge is -2.05. The van der Waals surface area contributed by atoms with Crippen molar-refractivity contribution in [2.75, 3.05) is 5.75 Å². The third kappa shape index (κ3) is 10.4. The Labute approximate surface area is 122 Å². The van der Waals surface area contributed by atoms with Gasteiger partial charge >= 0.3 is 0 Å². The highest BCUT2D eigenvalue weighted by Crippen LogP contribution is 2.14. The first-order valence-electron chi connectivity index (χ1n) is 6.85. The third-order valence-corrected chi connectivity index (χ3v) is 5.45. The molecule has 0 aromatic rings. The molecule has 0 fully saturated rings. The number of nitrogens with zero attached hydrogens (tertiary/aromatic N) is 1. The van der Waals surface area contributed by atoms with Crippen LogP contribution in [-0.4, -0.2) is 17.5 Å².